The summed E-state index contributed by atoms with van der Waals surface area (Å²) in [4.78, 5) is 28.6. The molecule has 0 unspecified atom stereocenters. The molecule has 0 saturated carbocycles. The van der Waals surface area contributed by atoms with E-state index in [1.807, 2.05) is 12.1 Å². The maximum absolute atomic E-state index is 12.8. The minimum absolute atomic E-state index is 0.0756. The number of carbonyl (C=O) groups is 2. The molecule has 0 amide bonds. The van der Waals surface area contributed by atoms with Crippen LogP contribution in [0, 0.1) is 0 Å². The molecule has 29 heavy (non-hydrogen) atoms. The van der Waals surface area contributed by atoms with Crippen molar-refractivity contribution in [2.45, 2.75) is 18.1 Å². The number of nitrogens with zero attached hydrogens (tertiary/aromatic N) is 3. The number of allylic oxidation sites excluding steroid dienone is 1. The van der Waals surface area contributed by atoms with E-state index in [-0.39, 0.29) is 18.3 Å². The van der Waals surface area contributed by atoms with Crippen molar-refractivity contribution in [3.63, 3.8) is 0 Å². The molecule has 1 aromatic carbocycles. The maximum Gasteiger partial charge on any atom is 0.338 e. The highest BCUT2D eigenvalue weighted by molar-refractivity contribution is 7.99. The Morgan fingerprint density at radius 1 is 1.38 bits per heavy atom. The van der Waals surface area contributed by atoms with Crippen LogP contribution in [0.25, 0.3) is 0 Å². The van der Waals surface area contributed by atoms with E-state index in [1.165, 1.54) is 13.2 Å². The van der Waals surface area contributed by atoms with Crippen molar-refractivity contribution < 1.29 is 19.1 Å². The van der Waals surface area contributed by atoms with E-state index < -0.39 is 12.0 Å². The standard InChI is InChI=1S/C19H19ClN4O4S/c1-4-9-28-17(26)15-11(2)21-18-22-19(29-10-14(25)27-3)23-24(18)16(15)12-5-7-13(20)8-6-12/h4-8,16H,1,9-10H2,2-3H3,(H,21,22,23)/t16-/m1/s1. The van der Waals surface area contributed by atoms with Crippen LogP contribution in [-0.4, -0.2) is 46.2 Å². The zero-order valence-corrected chi connectivity index (χ0v) is 17.4. The lowest BCUT2D eigenvalue weighted by molar-refractivity contribution is -0.138. The summed E-state index contributed by atoms with van der Waals surface area (Å²) in [5.74, 6) is -0.338. The largest absolute Gasteiger partial charge is 0.468 e. The number of hydrogen-bond donors (Lipinski definition) is 1. The van der Waals surface area contributed by atoms with Gasteiger partial charge in [-0.1, -0.05) is 48.2 Å². The van der Waals surface area contributed by atoms with Gasteiger partial charge in [0.25, 0.3) is 0 Å². The van der Waals surface area contributed by atoms with Crippen LogP contribution in [0.15, 0.2) is 53.3 Å². The zero-order chi connectivity index (χ0) is 21.0. The van der Waals surface area contributed by atoms with Crippen LogP contribution in [0.2, 0.25) is 5.02 Å². The number of halogens is 1. The number of aromatic nitrogens is 3. The van der Waals surface area contributed by atoms with Gasteiger partial charge in [-0.3, -0.25) is 4.79 Å². The number of fused-ring (bicyclic) bond motifs is 1. The van der Waals surface area contributed by atoms with Crippen LogP contribution in [0.4, 0.5) is 5.95 Å². The number of anilines is 1. The molecule has 1 aromatic heterocycles. The molecule has 1 N–H and O–H groups in total. The first kappa shape index (κ1) is 20.9. The summed E-state index contributed by atoms with van der Waals surface area (Å²) in [7, 11) is 1.32. The molecule has 2 aromatic rings. The summed E-state index contributed by atoms with van der Waals surface area (Å²) < 4.78 is 11.5. The van der Waals surface area contributed by atoms with E-state index in [2.05, 4.69) is 26.7 Å². The van der Waals surface area contributed by atoms with Gasteiger partial charge in [-0.2, -0.15) is 4.98 Å². The molecule has 1 aliphatic rings. The molecule has 1 aliphatic heterocycles. The first-order chi connectivity index (χ1) is 13.9. The average molecular weight is 435 g/mol. The molecule has 152 valence electrons. The Labute approximate surface area is 176 Å². The predicted octanol–water partition coefficient (Wildman–Crippen LogP) is 3.21. The third-order valence-corrected chi connectivity index (χ3v) is 5.18. The fraction of sp³-hybridized carbons (Fsp3) is 0.263. The Hall–Kier alpha value is -2.78. The summed E-state index contributed by atoms with van der Waals surface area (Å²) in [5.41, 5.74) is 1.79. The Kier molecular flexibility index (Phi) is 6.60. The van der Waals surface area contributed by atoms with Crippen molar-refractivity contribution in [1.29, 1.82) is 0 Å². The average Bonchev–Trinajstić information content (AvgIpc) is 3.12. The highest BCUT2D eigenvalue weighted by Crippen LogP contribution is 2.37. The van der Waals surface area contributed by atoms with E-state index in [0.717, 1.165) is 17.3 Å². The molecule has 1 atom stereocenters. The number of nitrogens with one attached hydrogen (secondary N) is 1. The highest BCUT2D eigenvalue weighted by atomic mass is 35.5. The molecule has 8 nitrogen and oxygen atoms in total. The van der Waals surface area contributed by atoms with Crippen molar-refractivity contribution >= 4 is 41.2 Å². The molecule has 2 heterocycles. The zero-order valence-electron chi connectivity index (χ0n) is 15.8. The number of hydrogen-bond acceptors (Lipinski definition) is 8. The van der Waals surface area contributed by atoms with Crippen LogP contribution in [0.1, 0.15) is 18.5 Å². The molecule has 10 heteroatoms. The van der Waals surface area contributed by atoms with Crippen LogP contribution < -0.4 is 5.32 Å². The lowest BCUT2D eigenvalue weighted by atomic mass is 9.96. The van der Waals surface area contributed by atoms with Gasteiger partial charge in [-0.15, -0.1) is 5.10 Å². The van der Waals surface area contributed by atoms with Crippen LogP contribution in [-0.2, 0) is 19.1 Å². The number of benzene rings is 1. The molecule has 3 rings (SSSR count). The number of esters is 2. The summed E-state index contributed by atoms with van der Waals surface area (Å²) in [5, 5.41) is 8.53. The summed E-state index contributed by atoms with van der Waals surface area (Å²) >= 11 is 7.17. The third kappa shape index (κ3) is 4.63. The topological polar surface area (TPSA) is 95.3 Å². The number of methoxy groups -OCH3 is 1. The van der Waals surface area contributed by atoms with Crippen LogP contribution in [0.3, 0.4) is 0 Å². The van der Waals surface area contributed by atoms with Gasteiger partial charge in [0.15, 0.2) is 0 Å². The first-order valence-electron chi connectivity index (χ1n) is 8.62. The Morgan fingerprint density at radius 3 is 2.76 bits per heavy atom. The van der Waals surface area contributed by atoms with Crippen molar-refractivity contribution in [2.75, 3.05) is 24.8 Å². The number of carbonyl (C=O) groups excluding carboxylic acids is 2. The summed E-state index contributed by atoms with van der Waals surface area (Å²) in [6, 6.07) is 6.55. The van der Waals surface area contributed by atoms with Crippen molar-refractivity contribution in [3.05, 3.63) is 58.8 Å². The van der Waals surface area contributed by atoms with Crippen LogP contribution >= 0.6 is 23.4 Å². The van der Waals surface area contributed by atoms with Crippen molar-refractivity contribution in [1.82, 2.24) is 14.8 Å². The smallest absolute Gasteiger partial charge is 0.338 e. The minimum Gasteiger partial charge on any atom is -0.468 e. The van der Waals surface area contributed by atoms with Gasteiger partial charge in [0.2, 0.25) is 11.1 Å². The van der Waals surface area contributed by atoms with Gasteiger partial charge >= 0.3 is 11.9 Å². The second-order valence-corrected chi connectivity index (χ2v) is 7.41. The molecule has 0 saturated heterocycles. The lowest BCUT2D eigenvalue weighted by Crippen LogP contribution is -2.29. The minimum atomic E-state index is -0.569. The highest BCUT2D eigenvalue weighted by Gasteiger charge is 2.35. The molecule has 0 fully saturated rings. The monoisotopic (exact) mass is 434 g/mol. The van der Waals surface area contributed by atoms with Gasteiger partial charge in [-0.25, -0.2) is 9.48 Å². The van der Waals surface area contributed by atoms with Gasteiger partial charge in [0.1, 0.15) is 12.6 Å². The van der Waals surface area contributed by atoms with Gasteiger partial charge in [-0.05, 0) is 24.6 Å². The SMILES string of the molecule is C=CCOC(=O)C1=C(C)Nc2nc(SCC(=O)OC)nn2[C@@H]1c1ccc(Cl)cc1. The van der Waals surface area contributed by atoms with E-state index in [0.29, 0.717) is 27.4 Å². The van der Waals surface area contributed by atoms with E-state index in [4.69, 9.17) is 16.3 Å². The van der Waals surface area contributed by atoms with Gasteiger partial charge in [0, 0.05) is 10.7 Å². The maximum atomic E-state index is 12.8. The Balaban J connectivity index is 2.01. The predicted molar refractivity (Wildman–Crippen MR) is 110 cm³/mol. The van der Waals surface area contributed by atoms with Crippen molar-refractivity contribution in [3.8, 4) is 0 Å². The first-order valence-corrected chi connectivity index (χ1v) is 9.98. The Bertz CT molecular complexity index is 971. The van der Waals surface area contributed by atoms with Crippen molar-refractivity contribution in [2.24, 2.45) is 0 Å². The summed E-state index contributed by atoms with van der Waals surface area (Å²) in [6.07, 6.45) is 1.50. The van der Waals surface area contributed by atoms with Gasteiger partial charge in [0.05, 0.1) is 18.4 Å². The normalized spacial score (nSPS) is 15.3. The molecular weight excluding hydrogens is 416 g/mol. The second kappa shape index (κ2) is 9.15. The molecule has 0 spiro atoms. The number of thioether (sulfide) groups is 1. The number of rotatable bonds is 7. The van der Waals surface area contributed by atoms with E-state index in [9.17, 15) is 9.59 Å². The Morgan fingerprint density at radius 2 is 2.10 bits per heavy atom. The molecule has 0 bridgehead atoms. The molecule has 0 aliphatic carbocycles. The second-order valence-electron chi connectivity index (χ2n) is 6.03. The van der Waals surface area contributed by atoms with E-state index >= 15 is 0 Å². The lowest BCUT2D eigenvalue weighted by Gasteiger charge is -2.28. The quantitative estimate of drug-likeness (QED) is 0.403. The summed E-state index contributed by atoms with van der Waals surface area (Å²) in [6.45, 7) is 5.43. The number of ether oxygens (including phenoxy) is 2. The molecular formula is C19H19ClN4O4S. The van der Waals surface area contributed by atoms with E-state index in [1.54, 1.807) is 23.7 Å². The van der Waals surface area contributed by atoms with Gasteiger partial charge < -0.3 is 14.8 Å². The third-order valence-electron chi connectivity index (χ3n) is 4.12. The fourth-order valence-electron chi connectivity index (χ4n) is 2.80. The molecule has 0 radical (unpaired) electrons. The fourth-order valence-corrected chi connectivity index (χ4v) is 3.59. The van der Waals surface area contributed by atoms with Crippen LogP contribution in [0.5, 0.6) is 0 Å².